The summed E-state index contributed by atoms with van der Waals surface area (Å²) in [6.07, 6.45) is 9.16. The van der Waals surface area contributed by atoms with Crippen molar-refractivity contribution in [3.05, 3.63) is 84.5 Å². The average Bonchev–Trinajstić information content (AvgIpc) is 3.56. The highest BCUT2D eigenvalue weighted by Gasteiger charge is 2.17. The molecule has 0 aliphatic heterocycles. The molecule has 0 aliphatic rings. The number of rotatable bonds is 8. The molecule has 186 valence electrons. The standard InChI is InChI=1S/C26H23FN8O2/c1-17(18-4-7-25(30-10-18)34-14-21(27)13-32-34)33(2)24-6-5-19(11-29-24)23-8-22(37-16-36-3)15-35-26(23)20(9-28)12-31-35/h4-8,10-15,17H,16H2,1-3H3/t17-/m0/s1. The van der Waals surface area contributed by atoms with Crippen LogP contribution in [0.2, 0.25) is 0 Å². The van der Waals surface area contributed by atoms with Gasteiger partial charge in [-0.3, -0.25) is 0 Å². The summed E-state index contributed by atoms with van der Waals surface area (Å²) in [6, 6.07) is 11.6. The van der Waals surface area contributed by atoms with Gasteiger partial charge in [0.15, 0.2) is 18.4 Å². The molecule has 0 saturated carbocycles. The number of hydrogen-bond donors (Lipinski definition) is 0. The van der Waals surface area contributed by atoms with Gasteiger partial charge >= 0.3 is 0 Å². The summed E-state index contributed by atoms with van der Waals surface area (Å²) in [5.41, 5.74) is 3.68. The fraction of sp³-hybridized carbons (Fsp3) is 0.192. The summed E-state index contributed by atoms with van der Waals surface area (Å²) in [6.45, 7) is 2.14. The van der Waals surface area contributed by atoms with E-state index in [1.807, 2.05) is 43.1 Å². The van der Waals surface area contributed by atoms with E-state index in [1.165, 1.54) is 17.1 Å². The van der Waals surface area contributed by atoms with Gasteiger partial charge in [0.2, 0.25) is 0 Å². The summed E-state index contributed by atoms with van der Waals surface area (Å²) in [7, 11) is 3.50. The van der Waals surface area contributed by atoms with Gasteiger partial charge in [-0.05, 0) is 36.8 Å². The van der Waals surface area contributed by atoms with Gasteiger partial charge < -0.3 is 14.4 Å². The topological polar surface area (TPSA) is 106 Å². The molecule has 0 N–H and O–H groups in total. The van der Waals surface area contributed by atoms with E-state index < -0.39 is 5.82 Å². The Morgan fingerprint density at radius 1 is 1.08 bits per heavy atom. The van der Waals surface area contributed by atoms with Crippen LogP contribution in [0.25, 0.3) is 22.5 Å². The first kappa shape index (κ1) is 23.9. The predicted molar refractivity (Wildman–Crippen MR) is 134 cm³/mol. The number of halogens is 1. The number of fused-ring (bicyclic) bond motifs is 1. The molecule has 0 aliphatic carbocycles. The summed E-state index contributed by atoms with van der Waals surface area (Å²) in [5.74, 6) is 1.43. The largest absolute Gasteiger partial charge is 0.466 e. The van der Waals surface area contributed by atoms with E-state index in [0.717, 1.165) is 28.7 Å². The Hall–Kier alpha value is -4.82. The van der Waals surface area contributed by atoms with Crippen LogP contribution >= 0.6 is 0 Å². The maximum absolute atomic E-state index is 13.3. The summed E-state index contributed by atoms with van der Waals surface area (Å²) < 4.78 is 26.9. The second-order valence-electron chi connectivity index (χ2n) is 8.35. The zero-order valence-corrected chi connectivity index (χ0v) is 20.4. The molecule has 5 aromatic rings. The van der Waals surface area contributed by atoms with Crippen LogP contribution in [0.3, 0.4) is 0 Å². The molecular formula is C26H23FN8O2. The van der Waals surface area contributed by atoms with Crippen molar-refractivity contribution >= 4 is 11.3 Å². The maximum Gasteiger partial charge on any atom is 0.188 e. The minimum Gasteiger partial charge on any atom is -0.466 e. The Bertz CT molecular complexity index is 1570. The van der Waals surface area contributed by atoms with E-state index in [0.29, 0.717) is 22.6 Å². The smallest absolute Gasteiger partial charge is 0.188 e. The fourth-order valence-electron chi connectivity index (χ4n) is 3.99. The number of nitriles is 1. The highest BCUT2D eigenvalue weighted by atomic mass is 19.1. The van der Waals surface area contributed by atoms with Crippen molar-refractivity contribution in [2.24, 2.45) is 0 Å². The molecule has 0 fully saturated rings. The molecule has 0 bridgehead atoms. The van der Waals surface area contributed by atoms with Crippen molar-refractivity contribution in [1.82, 2.24) is 29.4 Å². The third kappa shape index (κ3) is 4.70. The Morgan fingerprint density at radius 2 is 1.95 bits per heavy atom. The third-order valence-electron chi connectivity index (χ3n) is 6.09. The lowest BCUT2D eigenvalue weighted by Gasteiger charge is -2.26. The number of ether oxygens (including phenoxy) is 2. The monoisotopic (exact) mass is 498 g/mol. The lowest BCUT2D eigenvalue weighted by Crippen LogP contribution is -2.22. The van der Waals surface area contributed by atoms with E-state index in [1.54, 1.807) is 36.3 Å². The molecule has 0 saturated heterocycles. The first-order chi connectivity index (χ1) is 18.0. The van der Waals surface area contributed by atoms with E-state index in [4.69, 9.17) is 9.47 Å². The zero-order valence-electron chi connectivity index (χ0n) is 20.4. The van der Waals surface area contributed by atoms with E-state index >= 15 is 0 Å². The number of hydrogen-bond acceptors (Lipinski definition) is 8. The molecule has 0 spiro atoms. The average molecular weight is 499 g/mol. The second-order valence-corrected chi connectivity index (χ2v) is 8.35. The van der Waals surface area contributed by atoms with Crippen molar-refractivity contribution in [2.75, 3.05) is 25.9 Å². The molecule has 5 heterocycles. The number of pyridine rings is 3. The minimum atomic E-state index is -0.416. The molecule has 1 atom stereocenters. The van der Waals surface area contributed by atoms with Gasteiger partial charge in [0.05, 0.1) is 41.9 Å². The summed E-state index contributed by atoms with van der Waals surface area (Å²) in [4.78, 5) is 11.1. The Kier molecular flexibility index (Phi) is 6.49. The van der Waals surface area contributed by atoms with Crippen molar-refractivity contribution in [3.63, 3.8) is 0 Å². The molecule has 0 aromatic carbocycles. The van der Waals surface area contributed by atoms with Crippen LogP contribution in [0.1, 0.15) is 24.1 Å². The van der Waals surface area contributed by atoms with Crippen LogP contribution < -0.4 is 9.64 Å². The van der Waals surface area contributed by atoms with Crippen molar-refractivity contribution in [1.29, 1.82) is 5.26 Å². The van der Waals surface area contributed by atoms with Gasteiger partial charge in [-0.2, -0.15) is 15.5 Å². The van der Waals surface area contributed by atoms with Gasteiger partial charge in [0.25, 0.3) is 0 Å². The Balaban J connectivity index is 1.40. The number of nitrogens with zero attached hydrogens (tertiary/aromatic N) is 8. The van der Waals surface area contributed by atoms with E-state index in [2.05, 4.69) is 26.2 Å². The molecule has 37 heavy (non-hydrogen) atoms. The number of methoxy groups -OCH3 is 1. The van der Waals surface area contributed by atoms with Crippen molar-refractivity contribution < 1.29 is 13.9 Å². The SMILES string of the molecule is COCOc1cc(-c2ccc(N(C)[C@@H](C)c3ccc(-n4cc(F)cn4)nc3)nc2)c2c(C#N)cnn2c1. The van der Waals surface area contributed by atoms with E-state index in [-0.39, 0.29) is 12.8 Å². The van der Waals surface area contributed by atoms with Gasteiger partial charge in [-0.1, -0.05) is 6.07 Å². The molecule has 11 heteroatoms. The summed E-state index contributed by atoms with van der Waals surface area (Å²) >= 11 is 0. The first-order valence-corrected chi connectivity index (χ1v) is 11.4. The minimum absolute atomic E-state index is 0.0354. The highest BCUT2D eigenvalue weighted by molar-refractivity contribution is 5.85. The number of anilines is 1. The third-order valence-corrected chi connectivity index (χ3v) is 6.09. The normalized spacial score (nSPS) is 11.9. The Labute approximate surface area is 212 Å². The van der Waals surface area contributed by atoms with Crippen LogP contribution in [-0.4, -0.2) is 50.3 Å². The van der Waals surface area contributed by atoms with Crippen LogP contribution in [0, 0.1) is 17.1 Å². The molecule has 0 unspecified atom stereocenters. The van der Waals surface area contributed by atoms with Gasteiger partial charge in [0.1, 0.15) is 17.6 Å². The molecule has 0 radical (unpaired) electrons. The summed E-state index contributed by atoms with van der Waals surface area (Å²) in [5, 5.41) is 17.8. The van der Waals surface area contributed by atoms with Gasteiger partial charge in [0, 0.05) is 37.7 Å². The quantitative estimate of drug-likeness (QED) is 0.294. The lowest BCUT2D eigenvalue weighted by atomic mass is 10.0. The second kappa shape index (κ2) is 10.0. The molecule has 5 rings (SSSR count). The fourth-order valence-corrected chi connectivity index (χ4v) is 3.99. The molecule has 0 amide bonds. The van der Waals surface area contributed by atoms with Gasteiger partial charge in [-0.15, -0.1) is 0 Å². The van der Waals surface area contributed by atoms with Crippen molar-refractivity contribution in [2.45, 2.75) is 13.0 Å². The van der Waals surface area contributed by atoms with Crippen LogP contribution in [0.4, 0.5) is 10.2 Å². The Morgan fingerprint density at radius 3 is 2.59 bits per heavy atom. The molecule has 5 aromatic heterocycles. The number of aromatic nitrogens is 6. The first-order valence-electron chi connectivity index (χ1n) is 11.4. The zero-order chi connectivity index (χ0) is 25.9. The van der Waals surface area contributed by atoms with Crippen molar-refractivity contribution in [3.8, 4) is 28.8 Å². The molecule has 10 nitrogen and oxygen atoms in total. The van der Waals surface area contributed by atoms with Crippen LogP contribution in [-0.2, 0) is 4.74 Å². The van der Waals surface area contributed by atoms with E-state index in [9.17, 15) is 9.65 Å². The maximum atomic E-state index is 13.3. The highest BCUT2D eigenvalue weighted by Crippen LogP contribution is 2.32. The predicted octanol–water partition coefficient (Wildman–Crippen LogP) is 4.17. The molecular weight excluding hydrogens is 475 g/mol. The van der Waals surface area contributed by atoms with Crippen LogP contribution in [0.15, 0.2) is 67.5 Å². The van der Waals surface area contributed by atoms with Crippen LogP contribution in [0.5, 0.6) is 5.75 Å². The van der Waals surface area contributed by atoms with Gasteiger partial charge in [-0.25, -0.2) is 23.6 Å². The lowest BCUT2D eigenvalue weighted by molar-refractivity contribution is 0.0508.